The number of rotatable bonds is 7. The van der Waals surface area contributed by atoms with E-state index in [0.29, 0.717) is 22.1 Å². The number of carbonyl (C=O) groups excluding carboxylic acids is 1. The summed E-state index contributed by atoms with van der Waals surface area (Å²) in [4.78, 5) is 37.2. The zero-order valence-corrected chi connectivity index (χ0v) is 21.2. The van der Waals surface area contributed by atoms with Crippen LogP contribution in [0, 0.1) is 0 Å². The Balaban J connectivity index is 1.59. The lowest BCUT2D eigenvalue weighted by molar-refractivity contribution is -0.139. The SMILES string of the molecule is COC(=O)Cc1[nH]n(-c2nc3ccccc3s2)c(=O)c1C(C)=Nc1ccccc1Sc1ccccc1. The van der Waals surface area contributed by atoms with Crippen molar-refractivity contribution in [2.45, 2.75) is 23.1 Å². The molecular formula is C27H22N4O3S2. The predicted octanol–water partition coefficient (Wildman–Crippen LogP) is 5.78. The molecule has 2 aromatic heterocycles. The van der Waals surface area contributed by atoms with Gasteiger partial charge in [-0.1, -0.05) is 65.6 Å². The molecule has 0 saturated carbocycles. The van der Waals surface area contributed by atoms with Crippen LogP contribution in [0.3, 0.4) is 0 Å². The molecule has 0 radical (unpaired) electrons. The van der Waals surface area contributed by atoms with E-state index in [4.69, 9.17) is 9.73 Å². The summed E-state index contributed by atoms with van der Waals surface area (Å²) < 4.78 is 7.21. The van der Waals surface area contributed by atoms with Gasteiger partial charge in [-0.25, -0.2) is 4.98 Å². The van der Waals surface area contributed by atoms with Crippen LogP contribution < -0.4 is 5.56 Å². The van der Waals surface area contributed by atoms with E-state index in [9.17, 15) is 9.59 Å². The van der Waals surface area contributed by atoms with Gasteiger partial charge in [0.15, 0.2) is 0 Å². The second-order valence-electron chi connectivity index (χ2n) is 7.90. The molecule has 0 amide bonds. The highest BCUT2D eigenvalue weighted by molar-refractivity contribution is 7.99. The topological polar surface area (TPSA) is 89.3 Å². The minimum absolute atomic E-state index is 0.0910. The lowest BCUT2D eigenvalue weighted by Gasteiger charge is -2.07. The standard InChI is InChI=1S/C27H22N4O3S2/c1-17(28-19-12-6-8-14-22(19)35-18-10-4-3-5-11-18)25-21(16-24(32)34-2)30-31(26(25)33)27-29-20-13-7-9-15-23(20)36-27/h3-15,30H,16H2,1-2H3. The molecular weight excluding hydrogens is 492 g/mol. The van der Waals surface area contributed by atoms with Gasteiger partial charge in [0.2, 0.25) is 5.13 Å². The average Bonchev–Trinajstić information content (AvgIpc) is 3.46. The van der Waals surface area contributed by atoms with E-state index < -0.39 is 5.97 Å². The molecule has 0 spiro atoms. The summed E-state index contributed by atoms with van der Waals surface area (Å²) in [5.74, 6) is -0.457. The maximum Gasteiger partial charge on any atom is 0.311 e. The number of fused-ring (bicyclic) bond motifs is 1. The van der Waals surface area contributed by atoms with Crippen molar-refractivity contribution >= 4 is 50.7 Å². The van der Waals surface area contributed by atoms with Gasteiger partial charge in [0.1, 0.15) is 0 Å². The first kappa shape index (κ1) is 23.8. The van der Waals surface area contributed by atoms with Gasteiger partial charge in [0.05, 0.1) is 46.4 Å². The number of methoxy groups -OCH3 is 1. The number of nitrogens with zero attached hydrogens (tertiary/aromatic N) is 3. The lowest BCUT2D eigenvalue weighted by Crippen LogP contribution is -2.20. The molecule has 180 valence electrons. The van der Waals surface area contributed by atoms with E-state index in [1.807, 2.05) is 78.9 Å². The molecule has 1 N–H and O–H groups in total. The number of ether oxygens (including phenoxy) is 1. The minimum atomic E-state index is -0.457. The van der Waals surface area contributed by atoms with Crippen molar-refractivity contribution in [3.8, 4) is 5.13 Å². The summed E-state index contributed by atoms with van der Waals surface area (Å²) in [6.07, 6.45) is -0.0910. The van der Waals surface area contributed by atoms with Crippen molar-refractivity contribution in [3.63, 3.8) is 0 Å². The maximum absolute atomic E-state index is 13.6. The minimum Gasteiger partial charge on any atom is -0.469 e. The molecule has 5 rings (SSSR count). The molecule has 0 saturated heterocycles. The van der Waals surface area contributed by atoms with Crippen molar-refractivity contribution in [2.75, 3.05) is 7.11 Å². The number of para-hydroxylation sites is 2. The van der Waals surface area contributed by atoms with E-state index in [2.05, 4.69) is 10.1 Å². The number of hydrogen-bond donors (Lipinski definition) is 1. The maximum atomic E-state index is 13.6. The van der Waals surface area contributed by atoms with Crippen LogP contribution in [0.2, 0.25) is 0 Å². The number of aliphatic imine (C=N–C) groups is 1. The predicted molar refractivity (Wildman–Crippen MR) is 144 cm³/mol. The second kappa shape index (κ2) is 10.3. The lowest BCUT2D eigenvalue weighted by atomic mass is 10.1. The Bertz CT molecular complexity index is 1600. The number of aromatic nitrogens is 3. The monoisotopic (exact) mass is 514 g/mol. The number of nitrogens with one attached hydrogen (secondary N) is 1. The van der Waals surface area contributed by atoms with Crippen LogP contribution in [0.5, 0.6) is 0 Å². The first-order valence-corrected chi connectivity index (χ1v) is 12.8. The van der Waals surface area contributed by atoms with Gasteiger partial charge in [0.25, 0.3) is 5.56 Å². The Hall–Kier alpha value is -3.95. The quantitative estimate of drug-likeness (QED) is 0.220. The number of hydrogen-bond acceptors (Lipinski definition) is 7. The van der Waals surface area contributed by atoms with Crippen LogP contribution in [0.4, 0.5) is 5.69 Å². The molecule has 0 aliphatic rings. The molecule has 0 bridgehead atoms. The van der Waals surface area contributed by atoms with E-state index >= 15 is 0 Å². The van der Waals surface area contributed by atoms with Gasteiger partial charge >= 0.3 is 5.97 Å². The van der Waals surface area contributed by atoms with Crippen LogP contribution in [0.25, 0.3) is 15.3 Å². The van der Waals surface area contributed by atoms with E-state index in [-0.39, 0.29) is 12.0 Å². The van der Waals surface area contributed by atoms with Gasteiger partial charge < -0.3 is 4.74 Å². The van der Waals surface area contributed by atoms with Gasteiger partial charge in [-0.3, -0.25) is 19.7 Å². The normalized spacial score (nSPS) is 11.7. The van der Waals surface area contributed by atoms with E-state index in [1.165, 1.54) is 23.1 Å². The van der Waals surface area contributed by atoms with E-state index in [1.54, 1.807) is 18.7 Å². The third-order valence-electron chi connectivity index (χ3n) is 5.47. The molecule has 36 heavy (non-hydrogen) atoms. The molecule has 0 atom stereocenters. The van der Waals surface area contributed by atoms with Gasteiger partial charge in [-0.05, 0) is 43.3 Å². The van der Waals surface area contributed by atoms with Crippen molar-refractivity contribution in [1.82, 2.24) is 14.8 Å². The average molecular weight is 515 g/mol. The van der Waals surface area contributed by atoms with Crippen molar-refractivity contribution < 1.29 is 9.53 Å². The number of aromatic amines is 1. The zero-order chi connectivity index (χ0) is 25.1. The Morgan fingerprint density at radius 2 is 1.78 bits per heavy atom. The number of H-pyrrole nitrogens is 1. The van der Waals surface area contributed by atoms with Crippen molar-refractivity contribution in [3.05, 3.63) is 100 Å². The van der Waals surface area contributed by atoms with Crippen LogP contribution in [-0.4, -0.2) is 33.6 Å². The largest absolute Gasteiger partial charge is 0.469 e. The molecule has 7 nitrogen and oxygen atoms in total. The summed E-state index contributed by atoms with van der Waals surface area (Å²) in [5, 5.41) is 3.57. The fourth-order valence-electron chi connectivity index (χ4n) is 3.78. The van der Waals surface area contributed by atoms with Gasteiger partial charge in [0, 0.05) is 9.79 Å². The highest BCUT2D eigenvalue weighted by Gasteiger charge is 2.22. The van der Waals surface area contributed by atoms with Crippen molar-refractivity contribution in [2.24, 2.45) is 4.99 Å². The molecule has 5 aromatic rings. The van der Waals surface area contributed by atoms with Crippen LogP contribution in [0.15, 0.2) is 98.4 Å². The first-order chi connectivity index (χ1) is 17.5. The van der Waals surface area contributed by atoms with Gasteiger partial charge in [-0.15, -0.1) is 0 Å². The smallest absolute Gasteiger partial charge is 0.311 e. The Kier molecular flexibility index (Phi) is 6.84. The molecule has 0 fully saturated rings. The Morgan fingerprint density at radius 3 is 2.56 bits per heavy atom. The Morgan fingerprint density at radius 1 is 1.06 bits per heavy atom. The molecule has 2 heterocycles. The van der Waals surface area contributed by atoms with Crippen LogP contribution >= 0.6 is 23.1 Å². The third kappa shape index (κ3) is 4.89. The summed E-state index contributed by atoms with van der Waals surface area (Å²) in [7, 11) is 1.32. The zero-order valence-electron chi connectivity index (χ0n) is 19.6. The third-order valence-corrected chi connectivity index (χ3v) is 7.57. The molecule has 0 aliphatic carbocycles. The molecule has 9 heteroatoms. The summed E-state index contributed by atoms with van der Waals surface area (Å²) >= 11 is 2.99. The fraction of sp³-hybridized carbons (Fsp3) is 0.111. The molecule has 3 aromatic carbocycles. The highest BCUT2D eigenvalue weighted by Crippen LogP contribution is 2.35. The Labute approximate surface area is 215 Å². The molecule has 0 aliphatic heterocycles. The van der Waals surface area contributed by atoms with Crippen molar-refractivity contribution in [1.29, 1.82) is 0 Å². The number of thiazole rings is 1. The van der Waals surface area contributed by atoms with Crippen LogP contribution in [0.1, 0.15) is 18.2 Å². The number of esters is 1. The first-order valence-electron chi connectivity index (χ1n) is 11.2. The highest BCUT2D eigenvalue weighted by atomic mass is 32.2. The second-order valence-corrected chi connectivity index (χ2v) is 10.0. The summed E-state index contributed by atoms with van der Waals surface area (Å²) in [5.41, 5.74) is 2.48. The molecule has 0 unspecified atom stereocenters. The van der Waals surface area contributed by atoms with Gasteiger partial charge in [-0.2, -0.15) is 4.68 Å². The summed E-state index contributed by atoms with van der Waals surface area (Å²) in [6.45, 7) is 1.78. The van der Waals surface area contributed by atoms with Crippen LogP contribution in [-0.2, 0) is 16.0 Å². The number of benzene rings is 3. The van der Waals surface area contributed by atoms with E-state index in [0.717, 1.165) is 25.7 Å². The fourth-order valence-corrected chi connectivity index (χ4v) is 5.62. The summed E-state index contributed by atoms with van der Waals surface area (Å²) in [6, 6.07) is 25.5. The number of carbonyl (C=O) groups is 1.